The molecule has 8 nitrogen and oxygen atoms in total. The third kappa shape index (κ3) is 3.30. The van der Waals surface area contributed by atoms with Crippen molar-refractivity contribution in [3.05, 3.63) is 11.1 Å². The van der Waals surface area contributed by atoms with Crippen molar-refractivity contribution in [2.45, 2.75) is 20.8 Å². The zero-order chi connectivity index (χ0) is 13.7. The maximum Gasteiger partial charge on any atom is 0.337 e. The second-order valence-corrected chi connectivity index (χ2v) is 3.41. The lowest BCUT2D eigenvalue weighted by Gasteiger charge is -2.03. The minimum atomic E-state index is -1.14. The standard InChI is InChI=1S/C10H14N4O4/c1-4-18-10-12-9(13-14-10)11-7(15)5(2)6(3)8(16)17/h4H2,1-3H3,(H,16,17)(H2,11,12,13,14,15). The van der Waals surface area contributed by atoms with Gasteiger partial charge in [0, 0.05) is 11.1 Å². The Morgan fingerprint density at radius 1 is 1.39 bits per heavy atom. The van der Waals surface area contributed by atoms with Gasteiger partial charge in [0.25, 0.3) is 5.91 Å². The van der Waals surface area contributed by atoms with E-state index >= 15 is 0 Å². The molecule has 0 aromatic carbocycles. The zero-order valence-electron chi connectivity index (χ0n) is 10.3. The maximum absolute atomic E-state index is 11.7. The fraction of sp³-hybridized carbons (Fsp3) is 0.400. The van der Waals surface area contributed by atoms with E-state index in [9.17, 15) is 9.59 Å². The number of carboxylic acids is 1. The molecular formula is C10H14N4O4. The molecule has 0 bridgehead atoms. The van der Waals surface area contributed by atoms with Crippen LogP contribution in [0.3, 0.4) is 0 Å². The SMILES string of the molecule is CCOc1n[nH]c(NC(=O)C(C)=C(C)C(=O)O)n1. The third-order valence-electron chi connectivity index (χ3n) is 2.19. The molecule has 3 N–H and O–H groups in total. The average molecular weight is 254 g/mol. The topological polar surface area (TPSA) is 117 Å². The number of hydrogen-bond acceptors (Lipinski definition) is 5. The number of carbonyl (C=O) groups excluding carboxylic acids is 1. The third-order valence-corrected chi connectivity index (χ3v) is 2.19. The summed E-state index contributed by atoms with van der Waals surface area (Å²) in [5.41, 5.74) is 0.0638. The number of anilines is 1. The molecule has 0 atom stereocenters. The molecule has 8 heteroatoms. The van der Waals surface area contributed by atoms with Crippen molar-refractivity contribution in [2.24, 2.45) is 0 Å². The molecule has 98 valence electrons. The van der Waals surface area contributed by atoms with Crippen LogP contribution in [-0.2, 0) is 9.59 Å². The van der Waals surface area contributed by atoms with E-state index in [-0.39, 0.29) is 23.1 Å². The molecule has 0 fully saturated rings. The monoisotopic (exact) mass is 254 g/mol. The van der Waals surface area contributed by atoms with Gasteiger partial charge in [-0.05, 0) is 20.8 Å². The van der Waals surface area contributed by atoms with Gasteiger partial charge in [-0.1, -0.05) is 0 Å². The minimum Gasteiger partial charge on any atom is -0.478 e. The first-order valence-corrected chi connectivity index (χ1v) is 5.23. The fourth-order valence-electron chi connectivity index (χ4n) is 1.03. The number of ether oxygens (including phenoxy) is 1. The van der Waals surface area contributed by atoms with Gasteiger partial charge in [0.2, 0.25) is 5.95 Å². The van der Waals surface area contributed by atoms with Crippen LogP contribution in [0.2, 0.25) is 0 Å². The first kappa shape index (κ1) is 13.7. The predicted molar refractivity (Wildman–Crippen MR) is 62.2 cm³/mol. The number of nitrogens with one attached hydrogen (secondary N) is 2. The summed E-state index contributed by atoms with van der Waals surface area (Å²) in [5.74, 6) is -1.61. The van der Waals surface area contributed by atoms with Crippen LogP contribution in [0, 0.1) is 0 Å². The number of hydrogen-bond donors (Lipinski definition) is 3. The molecule has 0 unspecified atom stereocenters. The number of aliphatic carboxylic acids is 1. The highest BCUT2D eigenvalue weighted by molar-refractivity contribution is 6.07. The molecule has 0 radical (unpaired) electrons. The Balaban J connectivity index is 2.75. The van der Waals surface area contributed by atoms with Crippen LogP contribution in [0.15, 0.2) is 11.1 Å². The van der Waals surface area contributed by atoms with Crippen molar-refractivity contribution < 1.29 is 19.4 Å². The summed E-state index contributed by atoms with van der Waals surface area (Å²) < 4.78 is 5.00. The summed E-state index contributed by atoms with van der Waals surface area (Å²) in [6.45, 7) is 4.95. The van der Waals surface area contributed by atoms with Gasteiger partial charge in [0.15, 0.2) is 0 Å². The Morgan fingerprint density at radius 3 is 2.61 bits per heavy atom. The summed E-state index contributed by atoms with van der Waals surface area (Å²) in [6.07, 6.45) is 0. The molecule has 1 heterocycles. The maximum atomic E-state index is 11.7. The highest BCUT2D eigenvalue weighted by atomic mass is 16.5. The van der Waals surface area contributed by atoms with Gasteiger partial charge in [-0.15, -0.1) is 5.10 Å². The number of carbonyl (C=O) groups is 2. The molecule has 1 aromatic rings. The van der Waals surface area contributed by atoms with Gasteiger partial charge in [-0.25, -0.2) is 9.89 Å². The van der Waals surface area contributed by atoms with E-state index in [1.165, 1.54) is 13.8 Å². The normalized spacial score (nSPS) is 11.7. The van der Waals surface area contributed by atoms with Gasteiger partial charge in [-0.3, -0.25) is 10.1 Å². The summed E-state index contributed by atoms with van der Waals surface area (Å²) >= 11 is 0. The van der Waals surface area contributed by atoms with Crippen molar-refractivity contribution >= 4 is 17.8 Å². The molecule has 18 heavy (non-hydrogen) atoms. The van der Waals surface area contributed by atoms with Crippen molar-refractivity contribution in [3.63, 3.8) is 0 Å². The van der Waals surface area contributed by atoms with E-state index < -0.39 is 11.9 Å². The van der Waals surface area contributed by atoms with Gasteiger partial charge >= 0.3 is 12.0 Å². The van der Waals surface area contributed by atoms with Crippen LogP contribution in [0.5, 0.6) is 6.01 Å². The zero-order valence-corrected chi connectivity index (χ0v) is 10.3. The van der Waals surface area contributed by atoms with E-state index in [0.29, 0.717) is 6.61 Å². The molecule has 0 saturated heterocycles. The molecule has 0 aliphatic heterocycles. The van der Waals surface area contributed by atoms with Crippen molar-refractivity contribution in [1.82, 2.24) is 15.2 Å². The number of nitrogens with zero attached hydrogens (tertiary/aromatic N) is 2. The minimum absolute atomic E-state index is 0.0305. The molecule has 1 amide bonds. The molecule has 1 aromatic heterocycles. The van der Waals surface area contributed by atoms with Crippen molar-refractivity contribution in [1.29, 1.82) is 0 Å². The smallest absolute Gasteiger partial charge is 0.337 e. The van der Waals surface area contributed by atoms with Gasteiger partial charge in [-0.2, -0.15) is 4.98 Å². The van der Waals surface area contributed by atoms with E-state index in [1.54, 1.807) is 6.92 Å². The van der Waals surface area contributed by atoms with Crippen LogP contribution < -0.4 is 10.1 Å². The van der Waals surface area contributed by atoms with Gasteiger partial charge < -0.3 is 9.84 Å². The summed E-state index contributed by atoms with van der Waals surface area (Å²) in [5, 5.41) is 17.3. The summed E-state index contributed by atoms with van der Waals surface area (Å²) in [4.78, 5) is 26.2. The molecule has 1 rings (SSSR count). The van der Waals surface area contributed by atoms with Crippen LogP contribution in [-0.4, -0.2) is 38.8 Å². The van der Waals surface area contributed by atoms with E-state index in [4.69, 9.17) is 9.84 Å². The van der Waals surface area contributed by atoms with Gasteiger partial charge in [0.05, 0.1) is 6.61 Å². The van der Waals surface area contributed by atoms with Crippen LogP contribution in [0.1, 0.15) is 20.8 Å². The van der Waals surface area contributed by atoms with Crippen molar-refractivity contribution in [2.75, 3.05) is 11.9 Å². The predicted octanol–water partition coefficient (Wildman–Crippen LogP) is 0.563. The Bertz CT molecular complexity index is 492. The Hall–Kier alpha value is -2.38. The van der Waals surface area contributed by atoms with E-state index in [0.717, 1.165) is 0 Å². The Morgan fingerprint density at radius 2 is 2.06 bits per heavy atom. The Labute approximate surface area is 103 Å². The highest BCUT2D eigenvalue weighted by Gasteiger charge is 2.14. The average Bonchev–Trinajstić information content (AvgIpc) is 2.75. The molecule has 0 aliphatic carbocycles. The first-order valence-electron chi connectivity index (χ1n) is 5.23. The summed E-state index contributed by atoms with van der Waals surface area (Å²) in [6, 6.07) is 0.115. The second-order valence-electron chi connectivity index (χ2n) is 3.41. The van der Waals surface area contributed by atoms with Crippen LogP contribution in [0.25, 0.3) is 0 Å². The molecular weight excluding hydrogens is 240 g/mol. The largest absolute Gasteiger partial charge is 0.478 e. The second kappa shape index (κ2) is 5.80. The van der Waals surface area contributed by atoms with Crippen LogP contribution in [0.4, 0.5) is 5.95 Å². The molecule has 0 spiro atoms. The Kier molecular flexibility index (Phi) is 4.41. The summed E-state index contributed by atoms with van der Waals surface area (Å²) in [7, 11) is 0. The quantitative estimate of drug-likeness (QED) is 0.661. The number of carboxylic acid groups (broad SMARTS) is 1. The lowest BCUT2D eigenvalue weighted by Crippen LogP contribution is -2.17. The number of aromatic amines is 1. The first-order chi connectivity index (χ1) is 8.45. The number of H-pyrrole nitrogens is 1. The number of rotatable bonds is 5. The molecule has 0 saturated carbocycles. The van der Waals surface area contributed by atoms with Crippen LogP contribution >= 0.6 is 0 Å². The highest BCUT2D eigenvalue weighted by Crippen LogP contribution is 2.09. The lowest BCUT2D eigenvalue weighted by atomic mass is 10.1. The fourth-order valence-corrected chi connectivity index (χ4v) is 1.03. The number of aromatic nitrogens is 3. The van der Waals surface area contributed by atoms with Crippen molar-refractivity contribution in [3.8, 4) is 6.01 Å². The number of amides is 1. The van der Waals surface area contributed by atoms with Gasteiger partial charge in [0.1, 0.15) is 0 Å². The lowest BCUT2D eigenvalue weighted by molar-refractivity contribution is -0.133. The van der Waals surface area contributed by atoms with E-state index in [1.807, 2.05) is 0 Å². The molecule has 0 aliphatic rings. The van der Waals surface area contributed by atoms with E-state index in [2.05, 4.69) is 20.5 Å².